The maximum atomic E-state index is 12.9. The number of carbonyl (C=O) groups is 1. The normalized spacial score (nSPS) is 10.9. The van der Waals surface area contributed by atoms with Crippen molar-refractivity contribution >= 4 is 12.1 Å². The number of hydrogen-bond donors (Lipinski definition) is 1. The van der Waals surface area contributed by atoms with Crippen molar-refractivity contribution in [1.82, 2.24) is 5.43 Å². The van der Waals surface area contributed by atoms with Gasteiger partial charge in [-0.25, -0.2) is 9.82 Å². The van der Waals surface area contributed by atoms with Gasteiger partial charge in [0.2, 0.25) is 5.91 Å². The van der Waals surface area contributed by atoms with Gasteiger partial charge in [-0.05, 0) is 24.1 Å². The molecule has 0 radical (unpaired) electrons. The molecular weight excluding hydrogens is 255 g/mol. The molecule has 1 N–H and O–H groups in total. The van der Waals surface area contributed by atoms with Crippen LogP contribution in [0.4, 0.5) is 4.39 Å². The first-order chi connectivity index (χ1) is 9.72. The van der Waals surface area contributed by atoms with E-state index >= 15 is 0 Å². The quantitative estimate of drug-likeness (QED) is 0.413. The molecule has 20 heavy (non-hydrogen) atoms. The number of nitrogens with one attached hydrogen (secondary N) is 1. The molecule has 0 atom stereocenters. The van der Waals surface area contributed by atoms with E-state index in [1.807, 2.05) is 0 Å². The lowest BCUT2D eigenvalue weighted by Gasteiger charge is -2.00. The van der Waals surface area contributed by atoms with Gasteiger partial charge in [0.05, 0.1) is 6.21 Å². The van der Waals surface area contributed by atoms with Crippen LogP contribution in [0.25, 0.3) is 0 Å². The van der Waals surface area contributed by atoms with E-state index < -0.39 is 0 Å². The molecule has 0 unspecified atom stereocenters. The molecule has 0 bridgehead atoms. The van der Waals surface area contributed by atoms with Gasteiger partial charge in [-0.1, -0.05) is 51.2 Å². The second-order valence-corrected chi connectivity index (χ2v) is 4.87. The van der Waals surface area contributed by atoms with Crippen molar-refractivity contribution < 1.29 is 9.18 Å². The highest BCUT2D eigenvalue weighted by Gasteiger charge is 1.99. The summed E-state index contributed by atoms with van der Waals surface area (Å²) in [6.45, 7) is 2.18. The van der Waals surface area contributed by atoms with Gasteiger partial charge in [-0.3, -0.25) is 4.79 Å². The van der Waals surface area contributed by atoms with Gasteiger partial charge in [0.25, 0.3) is 0 Å². The molecule has 4 heteroatoms. The summed E-state index contributed by atoms with van der Waals surface area (Å²) in [6, 6.07) is 6.07. The Bertz CT molecular complexity index is 432. The molecule has 0 aliphatic carbocycles. The molecular formula is C16H23FN2O. The van der Waals surface area contributed by atoms with E-state index in [-0.39, 0.29) is 11.7 Å². The molecule has 0 aliphatic heterocycles. The number of amides is 1. The van der Waals surface area contributed by atoms with Gasteiger partial charge in [0.1, 0.15) is 5.82 Å². The molecule has 0 spiro atoms. The Labute approximate surface area is 120 Å². The van der Waals surface area contributed by atoms with Crippen molar-refractivity contribution in [3.05, 3.63) is 35.6 Å². The van der Waals surface area contributed by atoms with Crippen LogP contribution in [-0.4, -0.2) is 12.1 Å². The second kappa shape index (κ2) is 10.1. The summed E-state index contributed by atoms with van der Waals surface area (Å²) >= 11 is 0. The minimum absolute atomic E-state index is 0.0897. The largest absolute Gasteiger partial charge is 0.273 e. The van der Waals surface area contributed by atoms with E-state index in [0.29, 0.717) is 12.0 Å². The number of halogens is 1. The Kier molecular flexibility index (Phi) is 8.27. The maximum absolute atomic E-state index is 12.9. The zero-order valence-electron chi connectivity index (χ0n) is 12.1. The first kappa shape index (κ1) is 16.3. The summed E-state index contributed by atoms with van der Waals surface area (Å²) in [5.74, 6) is -0.402. The van der Waals surface area contributed by atoms with Crippen molar-refractivity contribution in [2.75, 3.05) is 0 Å². The fourth-order valence-electron chi connectivity index (χ4n) is 1.89. The fourth-order valence-corrected chi connectivity index (χ4v) is 1.89. The molecule has 0 saturated carbocycles. The summed E-state index contributed by atoms with van der Waals surface area (Å²) < 4.78 is 12.9. The molecule has 0 aliphatic rings. The minimum atomic E-state index is -0.313. The van der Waals surface area contributed by atoms with E-state index in [1.54, 1.807) is 12.1 Å². The van der Waals surface area contributed by atoms with Gasteiger partial charge in [-0.2, -0.15) is 5.10 Å². The fraction of sp³-hybridized carbons (Fsp3) is 0.500. The molecule has 110 valence electrons. The van der Waals surface area contributed by atoms with Gasteiger partial charge >= 0.3 is 0 Å². The molecule has 1 aromatic rings. The Balaban J connectivity index is 2.13. The molecule has 0 fully saturated rings. The molecule has 1 rings (SSSR count). The number of nitrogens with zero attached hydrogens (tertiary/aromatic N) is 1. The van der Waals surface area contributed by atoms with Crippen LogP contribution in [0.15, 0.2) is 29.4 Å². The highest BCUT2D eigenvalue weighted by atomic mass is 19.1. The SMILES string of the molecule is CCCCCCCCC(=O)N/N=C/c1cccc(F)c1. The summed E-state index contributed by atoms with van der Waals surface area (Å²) in [5, 5.41) is 3.82. The van der Waals surface area contributed by atoms with Crippen LogP contribution in [0.2, 0.25) is 0 Å². The van der Waals surface area contributed by atoms with Crippen LogP contribution in [-0.2, 0) is 4.79 Å². The van der Waals surface area contributed by atoms with Crippen LogP contribution in [0.1, 0.15) is 57.4 Å². The number of rotatable bonds is 9. The lowest BCUT2D eigenvalue weighted by molar-refractivity contribution is -0.121. The summed E-state index contributed by atoms with van der Waals surface area (Å²) in [7, 11) is 0. The average molecular weight is 278 g/mol. The highest BCUT2D eigenvalue weighted by Crippen LogP contribution is 2.06. The average Bonchev–Trinajstić information content (AvgIpc) is 2.43. The van der Waals surface area contributed by atoms with E-state index in [1.165, 1.54) is 44.0 Å². The summed E-state index contributed by atoms with van der Waals surface area (Å²) in [4.78, 5) is 11.5. The Hall–Kier alpha value is -1.71. The van der Waals surface area contributed by atoms with Crippen molar-refractivity contribution in [2.45, 2.75) is 51.9 Å². The lowest BCUT2D eigenvalue weighted by atomic mass is 10.1. The smallest absolute Gasteiger partial charge is 0.240 e. The lowest BCUT2D eigenvalue weighted by Crippen LogP contribution is -2.16. The van der Waals surface area contributed by atoms with Crippen LogP contribution in [0.5, 0.6) is 0 Å². The Morgan fingerprint density at radius 1 is 1.25 bits per heavy atom. The third kappa shape index (κ3) is 7.67. The van der Waals surface area contributed by atoms with E-state index in [9.17, 15) is 9.18 Å². The van der Waals surface area contributed by atoms with Crippen LogP contribution in [0.3, 0.4) is 0 Å². The van der Waals surface area contributed by atoms with Gasteiger partial charge in [-0.15, -0.1) is 0 Å². The van der Waals surface area contributed by atoms with Crippen molar-refractivity contribution in [1.29, 1.82) is 0 Å². The molecule has 0 aromatic heterocycles. The molecule has 1 amide bonds. The number of hydrogen-bond acceptors (Lipinski definition) is 2. The van der Waals surface area contributed by atoms with Crippen LogP contribution < -0.4 is 5.43 Å². The zero-order chi connectivity index (χ0) is 14.6. The maximum Gasteiger partial charge on any atom is 0.240 e. The standard InChI is InChI=1S/C16H23FN2O/c1-2-3-4-5-6-7-11-16(20)19-18-13-14-9-8-10-15(17)12-14/h8-10,12-13H,2-7,11H2,1H3,(H,19,20)/b18-13+. The van der Waals surface area contributed by atoms with Gasteiger partial charge in [0, 0.05) is 6.42 Å². The first-order valence-electron chi connectivity index (χ1n) is 7.30. The van der Waals surface area contributed by atoms with E-state index in [0.717, 1.165) is 12.8 Å². The number of hydrazone groups is 1. The second-order valence-electron chi connectivity index (χ2n) is 4.87. The minimum Gasteiger partial charge on any atom is -0.273 e. The molecule has 0 heterocycles. The summed E-state index contributed by atoms with van der Waals surface area (Å²) in [5.41, 5.74) is 3.09. The van der Waals surface area contributed by atoms with Crippen LogP contribution in [0, 0.1) is 5.82 Å². The number of carbonyl (C=O) groups excluding carboxylic acids is 1. The van der Waals surface area contributed by atoms with Gasteiger partial charge in [0.15, 0.2) is 0 Å². The first-order valence-corrected chi connectivity index (χ1v) is 7.30. The van der Waals surface area contributed by atoms with Crippen molar-refractivity contribution in [3.63, 3.8) is 0 Å². The zero-order valence-corrected chi connectivity index (χ0v) is 12.1. The predicted molar refractivity (Wildman–Crippen MR) is 80.1 cm³/mol. The number of benzene rings is 1. The van der Waals surface area contributed by atoms with E-state index in [2.05, 4.69) is 17.5 Å². The number of unbranched alkanes of at least 4 members (excludes halogenated alkanes) is 5. The molecule has 3 nitrogen and oxygen atoms in total. The molecule has 1 aromatic carbocycles. The van der Waals surface area contributed by atoms with Gasteiger partial charge < -0.3 is 0 Å². The Morgan fingerprint density at radius 2 is 2.00 bits per heavy atom. The predicted octanol–water partition coefficient (Wildman–Crippen LogP) is 4.03. The monoisotopic (exact) mass is 278 g/mol. The van der Waals surface area contributed by atoms with E-state index in [4.69, 9.17) is 0 Å². The Morgan fingerprint density at radius 3 is 2.75 bits per heavy atom. The third-order valence-corrected chi connectivity index (χ3v) is 3.01. The van der Waals surface area contributed by atoms with Crippen molar-refractivity contribution in [3.8, 4) is 0 Å². The third-order valence-electron chi connectivity index (χ3n) is 3.01. The topological polar surface area (TPSA) is 41.5 Å². The van der Waals surface area contributed by atoms with Crippen molar-refractivity contribution in [2.24, 2.45) is 5.10 Å². The highest BCUT2D eigenvalue weighted by molar-refractivity contribution is 5.82. The summed E-state index contributed by atoms with van der Waals surface area (Å²) in [6.07, 6.45) is 8.85. The van der Waals surface area contributed by atoms with Crippen LogP contribution >= 0.6 is 0 Å². The molecule has 0 saturated heterocycles.